The molecule has 0 spiro atoms. The van der Waals surface area contributed by atoms with Crippen molar-refractivity contribution in [2.75, 3.05) is 6.61 Å². The number of allylic oxidation sites excluding steroid dienone is 8. The Hall–Kier alpha value is -2.43. The molecule has 0 amide bonds. The number of hydrogen-bond donors (Lipinski definition) is 0. The molecule has 0 aliphatic carbocycles. The molecule has 258 valence electrons. The first kappa shape index (κ1) is 42.6. The summed E-state index contributed by atoms with van der Waals surface area (Å²) in [4.78, 5) is 35.7. The van der Waals surface area contributed by atoms with Crippen molar-refractivity contribution in [1.82, 2.24) is 0 Å². The summed E-state index contributed by atoms with van der Waals surface area (Å²) in [5.41, 5.74) is 0. The van der Waals surface area contributed by atoms with Crippen molar-refractivity contribution in [2.45, 2.75) is 181 Å². The Morgan fingerprint density at radius 1 is 0.400 bits per heavy atom. The van der Waals surface area contributed by atoms with Gasteiger partial charge >= 0.3 is 17.9 Å². The molecule has 0 aromatic heterocycles. The molecule has 0 aromatic rings. The highest BCUT2D eigenvalue weighted by Gasteiger charge is 2.11. The minimum Gasteiger partial charge on any atom is -0.466 e. The van der Waals surface area contributed by atoms with E-state index in [9.17, 15) is 14.4 Å². The first-order valence-electron chi connectivity index (χ1n) is 18.6. The molecule has 0 atom stereocenters. The summed E-state index contributed by atoms with van der Waals surface area (Å²) in [6, 6.07) is 0. The van der Waals surface area contributed by atoms with Crippen LogP contribution in [0.15, 0.2) is 48.6 Å². The van der Waals surface area contributed by atoms with Gasteiger partial charge in [0.2, 0.25) is 0 Å². The maximum atomic E-state index is 11.9. The van der Waals surface area contributed by atoms with E-state index < -0.39 is 11.9 Å². The fourth-order valence-electron chi connectivity index (χ4n) is 4.87. The second-order valence-electron chi connectivity index (χ2n) is 12.1. The molecule has 0 saturated carbocycles. The van der Waals surface area contributed by atoms with Crippen molar-refractivity contribution < 1.29 is 23.9 Å². The van der Waals surface area contributed by atoms with Gasteiger partial charge in [-0.1, -0.05) is 127 Å². The number of carbonyl (C=O) groups is 3. The smallest absolute Gasteiger partial charge is 0.313 e. The second kappa shape index (κ2) is 36.0. The fraction of sp³-hybridized carbons (Fsp3) is 0.725. The summed E-state index contributed by atoms with van der Waals surface area (Å²) >= 11 is 0. The van der Waals surface area contributed by atoms with Crippen LogP contribution in [0, 0.1) is 0 Å². The Bertz CT molecular complexity index is 808. The average Bonchev–Trinajstić information content (AvgIpc) is 3.03. The van der Waals surface area contributed by atoms with E-state index in [1.165, 1.54) is 70.6 Å². The van der Waals surface area contributed by atoms with Gasteiger partial charge in [-0.3, -0.25) is 14.4 Å². The van der Waals surface area contributed by atoms with Gasteiger partial charge in [0.25, 0.3) is 0 Å². The van der Waals surface area contributed by atoms with Crippen LogP contribution in [0.2, 0.25) is 0 Å². The molecule has 5 nitrogen and oxygen atoms in total. The second-order valence-corrected chi connectivity index (χ2v) is 12.1. The molecule has 0 aliphatic rings. The molecule has 0 N–H and O–H groups in total. The molecule has 0 saturated heterocycles. The molecule has 0 unspecified atom stereocenters. The minimum absolute atomic E-state index is 0.0882. The molecule has 0 heterocycles. The summed E-state index contributed by atoms with van der Waals surface area (Å²) in [6.45, 7) is 4.65. The highest BCUT2D eigenvalue weighted by atomic mass is 16.6. The molecule has 0 aliphatic heterocycles. The van der Waals surface area contributed by atoms with Crippen LogP contribution in [0.25, 0.3) is 0 Å². The third kappa shape index (κ3) is 35.9. The van der Waals surface area contributed by atoms with Crippen LogP contribution in [-0.2, 0) is 23.9 Å². The molecular weight excluding hydrogens is 560 g/mol. The lowest BCUT2D eigenvalue weighted by molar-refractivity contribution is -0.160. The third-order valence-electron chi connectivity index (χ3n) is 7.68. The van der Waals surface area contributed by atoms with E-state index in [0.29, 0.717) is 12.8 Å². The number of ether oxygens (including phenoxy) is 2. The van der Waals surface area contributed by atoms with Crippen LogP contribution in [-0.4, -0.2) is 24.5 Å². The third-order valence-corrected chi connectivity index (χ3v) is 7.68. The lowest BCUT2D eigenvalue weighted by Gasteiger charge is -2.05. The molecule has 0 bridgehead atoms. The van der Waals surface area contributed by atoms with Gasteiger partial charge in [-0.05, 0) is 83.5 Å². The van der Waals surface area contributed by atoms with E-state index >= 15 is 0 Å². The van der Waals surface area contributed by atoms with Gasteiger partial charge in [0.1, 0.15) is 0 Å². The highest BCUT2D eigenvalue weighted by Crippen LogP contribution is 2.11. The quantitative estimate of drug-likeness (QED) is 0.0321. The van der Waals surface area contributed by atoms with E-state index in [0.717, 1.165) is 70.6 Å². The van der Waals surface area contributed by atoms with Gasteiger partial charge in [0, 0.05) is 19.3 Å². The van der Waals surface area contributed by atoms with Gasteiger partial charge in [-0.2, -0.15) is 0 Å². The summed E-state index contributed by atoms with van der Waals surface area (Å²) in [6.07, 6.45) is 44.2. The number of carbonyl (C=O) groups excluding carboxylic acids is 3. The average molecular weight is 629 g/mol. The molecule has 5 heteroatoms. The van der Waals surface area contributed by atoms with Gasteiger partial charge in [-0.15, -0.1) is 0 Å². The van der Waals surface area contributed by atoms with Crippen molar-refractivity contribution in [3.63, 3.8) is 0 Å². The van der Waals surface area contributed by atoms with Crippen molar-refractivity contribution in [3.05, 3.63) is 48.6 Å². The topological polar surface area (TPSA) is 69.7 Å². The zero-order valence-corrected chi connectivity index (χ0v) is 29.3. The standard InChI is InChI=1S/C40H68O5/c1-3-5-7-9-11-13-15-17-19-21-23-25-27-29-31-34-38(41)44-37-33-36-40(43)45-39(42)35-32-30-28-26-24-22-20-18-16-14-12-10-8-6-4-2/h11-14,17-20H,3-10,15-16,21-37H2,1-2H3. The molecular formula is C40H68O5. The zero-order valence-electron chi connectivity index (χ0n) is 29.3. The Labute approximate surface area is 277 Å². The molecule has 0 aromatic carbocycles. The Morgan fingerprint density at radius 3 is 1.20 bits per heavy atom. The summed E-state index contributed by atoms with van der Waals surface area (Å²) in [5, 5.41) is 0. The SMILES string of the molecule is CCCCCC=CCC=CCCCCCCCC(=O)OCCCC(=O)OC(=O)CCCCCCCC=CCC=CCCCCC. The van der Waals surface area contributed by atoms with Crippen LogP contribution < -0.4 is 0 Å². The summed E-state index contributed by atoms with van der Waals surface area (Å²) < 4.78 is 10.1. The lowest BCUT2D eigenvalue weighted by atomic mass is 10.1. The Balaban J connectivity index is 3.50. The predicted molar refractivity (Wildman–Crippen MR) is 190 cm³/mol. The van der Waals surface area contributed by atoms with Crippen molar-refractivity contribution in [2.24, 2.45) is 0 Å². The minimum atomic E-state index is -0.535. The Kier molecular flexibility index (Phi) is 34.1. The number of esters is 3. The van der Waals surface area contributed by atoms with Gasteiger partial charge in [0.15, 0.2) is 0 Å². The van der Waals surface area contributed by atoms with Crippen LogP contribution in [0.4, 0.5) is 0 Å². The van der Waals surface area contributed by atoms with E-state index in [4.69, 9.17) is 9.47 Å². The monoisotopic (exact) mass is 629 g/mol. The number of rotatable bonds is 32. The first-order valence-corrected chi connectivity index (χ1v) is 18.6. The normalized spacial score (nSPS) is 11.9. The van der Waals surface area contributed by atoms with Crippen molar-refractivity contribution >= 4 is 17.9 Å². The number of hydrogen-bond acceptors (Lipinski definition) is 5. The maximum Gasteiger partial charge on any atom is 0.313 e. The number of unbranched alkanes of at least 4 members (excludes halogenated alkanes) is 16. The molecule has 0 radical (unpaired) electrons. The molecule has 45 heavy (non-hydrogen) atoms. The predicted octanol–water partition coefficient (Wildman–Crippen LogP) is 12.0. The van der Waals surface area contributed by atoms with E-state index in [1.54, 1.807) is 0 Å². The maximum absolute atomic E-state index is 11.9. The van der Waals surface area contributed by atoms with E-state index in [2.05, 4.69) is 62.5 Å². The van der Waals surface area contributed by atoms with Gasteiger partial charge < -0.3 is 9.47 Å². The fourth-order valence-corrected chi connectivity index (χ4v) is 4.87. The molecule has 0 rings (SSSR count). The molecule has 0 fully saturated rings. The van der Waals surface area contributed by atoms with Crippen LogP contribution >= 0.6 is 0 Å². The van der Waals surface area contributed by atoms with Crippen LogP contribution in [0.3, 0.4) is 0 Å². The van der Waals surface area contributed by atoms with Crippen molar-refractivity contribution in [3.8, 4) is 0 Å². The summed E-state index contributed by atoms with van der Waals surface area (Å²) in [5.74, 6) is -1.21. The van der Waals surface area contributed by atoms with E-state index in [1.807, 2.05) is 0 Å². The largest absolute Gasteiger partial charge is 0.466 e. The zero-order chi connectivity index (χ0) is 32.9. The van der Waals surface area contributed by atoms with Gasteiger partial charge in [-0.25, -0.2) is 0 Å². The van der Waals surface area contributed by atoms with Gasteiger partial charge in [0.05, 0.1) is 6.61 Å². The lowest BCUT2D eigenvalue weighted by Crippen LogP contribution is -2.13. The van der Waals surface area contributed by atoms with Crippen LogP contribution in [0.1, 0.15) is 181 Å². The van der Waals surface area contributed by atoms with Crippen molar-refractivity contribution in [1.29, 1.82) is 0 Å². The summed E-state index contributed by atoms with van der Waals surface area (Å²) in [7, 11) is 0. The van der Waals surface area contributed by atoms with Crippen LogP contribution in [0.5, 0.6) is 0 Å². The Morgan fingerprint density at radius 2 is 0.756 bits per heavy atom. The first-order chi connectivity index (χ1) is 22.1. The van der Waals surface area contributed by atoms with E-state index in [-0.39, 0.29) is 25.4 Å². The highest BCUT2D eigenvalue weighted by molar-refractivity contribution is 5.85.